The number of pyridine rings is 1. The number of hydrogen-bond donors (Lipinski definition) is 1. The molecule has 0 saturated carbocycles. The number of carbonyl (C=O) groups is 1. The van der Waals surface area contributed by atoms with Gasteiger partial charge in [0.1, 0.15) is 11.9 Å². The highest BCUT2D eigenvalue weighted by atomic mass is 16.2. The number of nitriles is 1. The van der Waals surface area contributed by atoms with Crippen LogP contribution in [0.2, 0.25) is 0 Å². The Morgan fingerprint density at radius 2 is 2.18 bits per heavy atom. The van der Waals surface area contributed by atoms with E-state index >= 15 is 0 Å². The molecule has 1 amide bonds. The van der Waals surface area contributed by atoms with Gasteiger partial charge in [0.05, 0.1) is 11.5 Å². The van der Waals surface area contributed by atoms with E-state index in [0.717, 1.165) is 25.1 Å². The molecule has 1 unspecified atom stereocenters. The Bertz CT molecular complexity index is 598. The van der Waals surface area contributed by atoms with E-state index in [2.05, 4.69) is 21.3 Å². The second-order valence-corrected chi connectivity index (χ2v) is 6.96. The molecule has 2 heterocycles. The molecule has 1 aromatic rings. The summed E-state index contributed by atoms with van der Waals surface area (Å²) in [5.41, 5.74) is 1.23. The van der Waals surface area contributed by atoms with Gasteiger partial charge in [0.25, 0.3) is 0 Å². The van der Waals surface area contributed by atoms with Crippen LogP contribution < -0.4 is 10.2 Å². The smallest absolute Gasteiger partial charge is 0.225 e. The van der Waals surface area contributed by atoms with Crippen molar-refractivity contribution in [3.8, 4) is 6.07 Å². The number of anilines is 1. The average molecular weight is 300 g/mol. The average Bonchev–Trinajstić information content (AvgIpc) is 2.45. The molecular weight excluding hydrogens is 276 g/mol. The Balaban J connectivity index is 2.16. The summed E-state index contributed by atoms with van der Waals surface area (Å²) in [5, 5.41) is 12.3. The molecule has 22 heavy (non-hydrogen) atoms. The van der Waals surface area contributed by atoms with E-state index in [1.165, 1.54) is 0 Å². The number of rotatable bonds is 2. The first-order valence-corrected chi connectivity index (χ1v) is 7.75. The second-order valence-electron chi connectivity index (χ2n) is 6.96. The minimum atomic E-state index is -0.223. The summed E-state index contributed by atoms with van der Waals surface area (Å²) in [6.45, 7) is 9.33. The molecule has 5 nitrogen and oxygen atoms in total. The number of hydrogen-bond acceptors (Lipinski definition) is 4. The number of nitrogens with zero attached hydrogens (tertiary/aromatic N) is 3. The lowest BCUT2D eigenvalue weighted by Crippen LogP contribution is -2.49. The summed E-state index contributed by atoms with van der Waals surface area (Å²) in [6, 6.07) is 5.84. The molecule has 0 aliphatic carbocycles. The van der Waals surface area contributed by atoms with Gasteiger partial charge < -0.3 is 10.2 Å². The van der Waals surface area contributed by atoms with Gasteiger partial charge in [0, 0.05) is 24.3 Å². The SMILES string of the molecule is Cc1ccc(C#N)c(N2CCCC(C(=O)NC(C)(C)C)C2)n1. The number of aryl methyl sites for hydroxylation is 1. The number of nitrogens with one attached hydrogen (secondary N) is 1. The van der Waals surface area contributed by atoms with Gasteiger partial charge in [-0.1, -0.05) is 0 Å². The molecule has 0 radical (unpaired) electrons. The Kier molecular flexibility index (Phi) is 4.70. The van der Waals surface area contributed by atoms with Crippen molar-refractivity contribution < 1.29 is 4.79 Å². The van der Waals surface area contributed by atoms with Crippen LogP contribution in [0.4, 0.5) is 5.82 Å². The summed E-state index contributed by atoms with van der Waals surface area (Å²) in [5.74, 6) is 0.737. The van der Waals surface area contributed by atoms with E-state index in [9.17, 15) is 10.1 Å². The molecular formula is C17H24N4O. The molecule has 0 spiro atoms. The zero-order valence-corrected chi connectivity index (χ0v) is 13.8. The van der Waals surface area contributed by atoms with Gasteiger partial charge in [-0.05, 0) is 52.7 Å². The first-order chi connectivity index (χ1) is 10.3. The lowest BCUT2D eigenvalue weighted by Gasteiger charge is -2.34. The molecule has 2 rings (SSSR count). The summed E-state index contributed by atoms with van der Waals surface area (Å²) in [7, 11) is 0. The van der Waals surface area contributed by atoms with Crippen LogP contribution in [0.5, 0.6) is 0 Å². The normalized spacial score (nSPS) is 18.7. The maximum absolute atomic E-state index is 12.4. The van der Waals surface area contributed by atoms with Gasteiger partial charge in [-0.3, -0.25) is 4.79 Å². The molecule has 118 valence electrons. The van der Waals surface area contributed by atoms with Crippen LogP contribution in [0.25, 0.3) is 0 Å². The first-order valence-electron chi connectivity index (χ1n) is 7.75. The van der Waals surface area contributed by atoms with E-state index in [4.69, 9.17) is 0 Å². The Morgan fingerprint density at radius 1 is 1.45 bits per heavy atom. The Labute approximate surface area is 132 Å². The summed E-state index contributed by atoms with van der Waals surface area (Å²) >= 11 is 0. The summed E-state index contributed by atoms with van der Waals surface area (Å²) in [6.07, 6.45) is 1.81. The second kappa shape index (κ2) is 6.35. The van der Waals surface area contributed by atoms with Gasteiger partial charge in [0.15, 0.2) is 0 Å². The lowest BCUT2D eigenvalue weighted by atomic mass is 9.95. The minimum absolute atomic E-state index is 0.0539. The standard InChI is InChI=1S/C17H24N4O/c1-12-7-8-13(10-18)15(19-12)21-9-5-6-14(11-21)16(22)20-17(2,3)4/h7-8,14H,5-6,9,11H2,1-4H3,(H,20,22). The van der Waals surface area contributed by atoms with E-state index in [1.54, 1.807) is 6.07 Å². The van der Waals surface area contributed by atoms with Crippen molar-refractivity contribution in [1.82, 2.24) is 10.3 Å². The van der Waals surface area contributed by atoms with Gasteiger partial charge in [-0.2, -0.15) is 5.26 Å². The molecule has 1 N–H and O–H groups in total. The van der Waals surface area contributed by atoms with Crippen molar-refractivity contribution in [2.75, 3.05) is 18.0 Å². The van der Waals surface area contributed by atoms with E-state index in [-0.39, 0.29) is 17.4 Å². The highest BCUT2D eigenvalue weighted by molar-refractivity contribution is 5.80. The maximum Gasteiger partial charge on any atom is 0.225 e. The summed E-state index contributed by atoms with van der Waals surface area (Å²) < 4.78 is 0. The number of amides is 1. The van der Waals surface area contributed by atoms with Crippen LogP contribution >= 0.6 is 0 Å². The predicted molar refractivity (Wildman–Crippen MR) is 86.5 cm³/mol. The minimum Gasteiger partial charge on any atom is -0.355 e. The van der Waals surface area contributed by atoms with E-state index in [0.29, 0.717) is 17.9 Å². The third kappa shape index (κ3) is 3.97. The van der Waals surface area contributed by atoms with Crippen LogP contribution in [0.15, 0.2) is 12.1 Å². The Hall–Kier alpha value is -2.09. The topological polar surface area (TPSA) is 69.0 Å². The van der Waals surface area contributed by atoms with Crippen molar-refractivity contribution in [3.63, 3.8) is 0 Å². The van der Waals surface area contributed by atoms with Gasteiger partial charge in [-0.15, -0.1) is 0 Å². The fourth-order valence-electron chi connectivity index (χ4n) is 2.73. The highest BCUT2D eigenvalue weighted by Gasteiger charge is 2.29. The van der Waals surface area contributed by atoms with Crippen molar-refractivity contribution >= 4 is 11.7 Å². The quantitative estimate of drug-likeness (QED) is 0.910. The van der Waals surface area contributed by atoms with Crippen LogP contribution in [0.1, 0.15) is 44.9 Å². The monoisotopic (exact) mass is 300 g/mol. The number of carbonyl (C=O) groups excluding carboxylic acids is 1. The first kappa shape index (κ1) is 16.3. The van der Waals surface area contributed by atoms with E-state index in [1.807, 2.05) is 33.8 Å². The van der Waals surface area contributed by atoms with Crippen LogP contribution in [0, 0.1) is 24.2 Å². The fraction of sp³-hybridized carbons (Fsp3) is 0.588. The molecule has 1 aromatic heterocycles. The number of aromatic nitrogens is 1. The summed E-state index contributed by atoms with van der Waals surface area (Å²) in [4.78, 5) is 19.0. The molecule has 1 aliphatic heterocycles. The van der Waals surface area contributed by atoms with Crippen molar-refractivity contribution in [2.45, 2.75) is 46.1 Å². The van der Waals surface area contributed by atoms with E-state index < -0.39 is 0 Å². The molecule has 1 aliphatic rings. The zero-order valence-electron chi connectivity index (χ0n) is 13.8. The number of piperidine rings is 1. The molecule has 1 atom stereocenters. The van der Waals surface area contributed by atoms with Crippen LogP contribution in [-0.2, 0) is 4.79 Å². The largest absolute Gasteiger partial charge is 0.355 e. The highest BCUT2D eigenvalue weighted by Crippen LogP contribution is 2.25. The zero-order chi connectivity index (χ0) is 16.3. The van der Waals surface area contributed by atoms with Gasteiger partial charge >= 0.3 is 0 Å². The van der Waals surface area contributed by atoms with Crippen molar-refractivity contribution in [2.24, 2.45) is 5.92 Å². The molecule has 1 fully saturated rings. The predicted octanol–water partition coefficient (Wildman–Crippen LogP) is 2.39. The third-order valence-electron chi connectivity index (χ3n) is 3.72. The molecule has 5 heteroatoms. The third-order valence-corrected chi connectivity index (χ3v) is 3.72. The van der Waals surface area contributed by atoms with Crippen molar-refractivity contribution in [3.05, 3.63) is 23.4 Å². The van der Waals surface area contributed by atoms with Gasteiger partial charge in [0.2, 0.25) is 5.91 Å². The van der Waals surface area contributed by atoms with Gasteiger partial charge in [-0.25, -0.2) is 4.98 Å². The Morgan fingerprint density at radius 3 is 2.82 bits per heavy atom. The van der Waals surface area contributed by atoms with Crippen molar-refractivity contribution in [1.29, 1.82) is 5.26 Å². The molecule has 1 saturated heterocycles. The van der Waals surface area contributed by atoms with Crippen LogP contribution in [-0.4, -0.2) is 29.5 Å². The molecule has 0 bridgehead atoms. The molecule has 0 aromatic carbocycles. The van der Waals surface area contributed by atoms with Crippen LogP contribution in [0.3, 0.4) is 0 Å². The maximum atomic E-state index is 12.4. The fourth-order valence-corrected chi connectivity index (χ4v) is 2.73. The lowest BCUT2D eigenvalue weighted by molar-refractivity contribution is -0.126.